The van der Waals surface area contributed by atoms with E-state index in [9.17, 15) is 5.11 Å². The summed E-state index contributed by atoms with van der Waals surface area (Å²) in [6, 6.07) is 8.10. The van der Waals surface area contributed by atoms with Gasteiger partial charge in [0.25, 0.3) is 0 Å². The summed E-state index contributed by atoms with van der Waals surface area (Å²) in [6.07, 6.45) is 2.50. The molecule has 6 nitrogen and oxygen atoms in total. The van der Waals surface area contributed by atoms with Crippen LogP contribution in [0.5, 0.6) is 0 Å². The number of β-amino-alcohol motifs (C(OH)–C–C–N with tert-alkyl or cyclic N) is 1. The van der Waals surface area contributed by atoms with E-state index in [1.807, 2.05) is 31.3 Å². The lowest BCUT2D eigenvalue weighted by atomic mass is 10.2. The van der Waals surface area contributed by atoms with E-state index >= 15 is 0 Å². The number of anilines is 2. The maximum absolute atomic E-state index is 9.71. The molecule has 0 unspecified atom stereocenters. The quantitative estimate of drug-likeness (QED) is 0.660. The molecule has 2 N–H and O–H groups in total. The Bertz CT molecular complexity index is 994. The van der Waals surface area contributed by atoms with Crippen LogP contribution in [0.1, 0.15) is 23.4 Å². The fourth-order valence-electron chi connectivity index (χ4n) is 3.43. The number of aliphatic hydroxyl groups excluding tert-OH is 1. The molecular formula is C20H22BrN5O. The summed E-state index contributed by atoms with van der Waals surface area (Å²) < 4.78 is 1.05. The number of aryl methyl sites for hydroxylation is 1. The van der Waals surface area contributed by atoms with Crippen LogP contribution >= 0.6 is 15.9 Å². The molecule has 140 valence electrons. The van der Waals surface area contributed by atoms with Gasteiger partial charge in [0, 0.05) is 36.0 Å². The lowest BCUT2D eigenvalue weighted by Gasteiger charge is -2.16. The lowest BCUT2D eigenvalue weighted by molar-refractivity contribution is 0.175. The van der Waals surface area contributed by atoms with Crippen molar-refractivity contribution in [2.45, 2.75) is 32.9 Å². The van der Waals surface area contributed by atoms with Gasteiger partial charge in [0.2, 0.25) is 0 Å². The first-order valence-corrected chi connectivity index (χ1v) is 9.85. The number of nitrogens with one attached hydrogen (secondary N) is 1. The van der Waals surface area contributed by atoms with E-state index in [0.29, 0.717) is 11.6 Å². The summed E-state index contributed by atoms with van der Waals surface area (Å²) in [7, 11) is 0. The summed E-state index contributed by atoms with van der Waals surface area (Å²) in [5.41, 5.74) is 4.78. The van der Waals surface area contributed by atoms with E-state index in [1.165, 1.54) is 0 Å². The van der Waals surface area contributed by atoms with Gasteiger partial charge >= 0.3 is 0 Å². The number of likely N-dealkylation sites (tertiary alicyclic amines) is 1. The van der Waals surface area contributed by atoms with Crippen molar-refractivity contribution >= 4 is 38.5 Å². The molecule has 0 amide bonds. The van der Waals surface area contributed by atoms with Gasteiger partial charge in [0.1, 0.15) is 11.3 Å². The van der Waals surface area contributed by atoms with Gasteiger partial charge in [-0.15, -0.1) is 0 Å². The topological polar surface area (TPSA) is 74.2 Å². The zero-order valence-electron chi connectivity index (χ0n) is 15.4. The van der Waals surface area contributed by atoms with Gasteiger partial charge in [-0.1, -0.05) is 22.0 Å². The van der Waals surface area contributed by atoms with Gasteiger partial charge < -0.3 is 10.4 Å². The molecule has 1 atom stereocenters. The van der Waals surface area contributed by atoms with E-state index in [1.54, 1.807) is 0 Å². The molecule has 0 spiro atoms. The minimum atomic E-state index is -0.216. The Kier molecular flexibility index (Phi) is 5.08. The van der Waals surface area contributed by atoms with Crippen LogP contribution in [0, 0.1) is 13.8 Å². The van der Waals surface area contributed by atoms with E-state index in [0.717, 1.165) is 58.4 Å². The van der Waals surface area contributed by atoms with Crippen molar-refractivity contribution < 1.29 is 5.11 Å². The number of halogens is 1. The van der Waals surface area contributed by atoms with Crippen molar-refractivity contribution in [2.75, 3.05) is 18.4 Å². The molecule has 0 radical (unpaired) electrons. The molecule has 3 heterocycles. The van der Waals surface area contributed by atoms with Crippen molar-refractivity contribution in [1.82, 2.24) is 19.9 Å². The molecule has 1 aliphatic heterocycles. The summed E-state index contributed by atoms with van der Waals surface area (Å²) in [5.74, 6) is 1.41. The number of rotatable bonds is 4. The highest BCUT2D eigenvalue weighted by molar-refractivity contribution is 9.10. The molecule has 4 rings (SSSR count). The smallest absolute Gasteiger partial charge is 0.160 e. The number of aromatic nitrogens is 3. The molecule has 2 aromatic heterocycles. The number of nitrogens with zero attached hydrogens (tertiary/aromatic N) is 4. The normalized spacial score (nSPS) is 17.6. The highest BCUT2D eigenvalue weighted by Gasteiger charge is 2.20. The number of pyridine rings is 1. The van der Waals surface area contributed by atoms with Crippen LogP contribution in [0.2, 0.25) is 0 Å². The molecule has 27 heavy (non-hydrogen) atoms. The minimum absolute atomic E-state index is 0.216. The van der Waals surface area contributed by atoms with Gasteiger partial charge in [0.15, 0.2) is 5.82 Å². The summed E-state index contributed by atoms with van der Waals surface area (Å²) in [4.78, 5) is 16.0. The van der Waals surface area contributed by atoms with Gasteiger partial charge in [0.05, 0.1) is 11.6 Å². The van der Waals surface area contributed by atoms with Crippen molar-refractivity contribution in [3.05, 3.63) is 51.9 Å². The minimum Gasteiger partial charge on any atom is -0.392 e. The Morgan fingerprint density at radius 3 is 2.93 bits per heavy atom. The highest BCUT2D eigenvalue weighted by atomic mass is 79.9. The fourth-order valence-corrected chi connectivity index (χ4v) is 3.80. The van der Waals surface area contributed by atoms with Crippen LogP contribution < -0.4 is 5.32 Å². The van der Waals surface area contributed by atoms with Crippen LogP contribution in [0.3, 0.4) is 0 Å². The molecule has 1 aromatic carbocycles. The predicted molar refractivity (Wildman–Crippen MR) is 110 cm³/mol. The lowest BCUT2D eigenvalue weighted by Crippen LogP contribution is -2.21. The first kappa shape index (κ1) is 18.3. The number of aliphatic hydroxyl groups is 1. The molecule has 3 aromatic rings. The zero-order chi connectivity index (χ0) is 19.0. The SMILES string of the molecule is Cc1nc(Nc2cccc(Br)c2C)c2ncc(CN3CC[C@@H](O)C3)cc2n1. The maximum Gasteiger partial charge on any atom is 0.160 e. The van der Waals surface area contributed by atoms with Crippen LogP contribution in [0.25, 0.3) is 11.0 Å². The average Bonchev–Trinajstić information content (AvgIpc) is 3.03. The second kappa shape index (κ2) is 7.50. The second-order valence-corrected chi connectivity index (χ2v) is 7.90. The van der Waals surface area contributed by atoms with Crippen molar-refractivity contribution in [3.63, 3.8) is 0 Å². The number of benzene rings is 1. The van der Waals surface area contributed by atoms with Gasteiger partial charge in [-0.2, -0.15) is 0 Å². The zero-order valence-corrected chi connectivity index (χ0v) is 17.0. The third-order valence-corrected chi connectivity index (χ3v) is 5.74. The third kappa shape index (κ3) is 3.95. The van der Waals surface area contributed by atoms with Crippen LogP contribution in [-0.2, 0) is 6.54 Å². The van der Waals surface area contributed by atoms with Crippen molar-refractivity contribution in [3.8, 4) is 0 Å². The van der Waals surface area contributed by atoms with Crippen LogP contribution in [0.4, 0.5) is 11.5 Å². The Morgan fingerprint density at radius 2 is 2.15 bits per heavy atom. The van der Waals surface area contributed by atoms with Gasteiger partial charge in [-0.05, 0) is 49.6 Å². The largest absolute Gasteiger partial charge is 0.392 e. The molecule has 0 aliphatic carbocycles. The van der Waals surface area contributed by atoms with Crippen molar-refractivity contribution in [2.24, 2.45) is 0 Å². The predicted octanol–water partition coefficient (Wildman–Crippen LogP) is 3.71. The summed E-state index contributed by atoms with van der Waals surface area (Å²) >= 11 is 3.57. The molecule has 1 saturated heterocycles. The second-order valence-electron chi connectivity index (χ2n) is 7.05. The number of fused-ring (bicyclic) bond motifs is 1. The molecule has 0 bridgehead atoms. The average molecular weight is 428 g/mol. The summed E-state index contributed by atoms with van der Waals surface area (Å²) in [6.45, 7) is 6.35. The van der Waals surface area contributed by atoms with Gasteiger partial charge in [-0.3, -0.25) is 9.88 Å². The van der Waals surface area contributed by atoms with Crippen LogP contribution in [-0.4, -0.2) is 44.2 Å². The Labute approximate surface area is 166 Å². The number of hydrogen-bond donors (Lipinski definition) is 2. The molecule has 1 fully saturated rings. The summed E-state index contributed by atoms with van der Waals surface area (Å²) in [5, 5.41) is 13.1. The van der Waals surface area contributed by atoms with E-state index < -0.39 is 0 Å². The standard InChI is InChI=1S/C20H22BrN5O/c1-12-16(21)4-3-5-17(12)25-20-19-18(23-13(2)24-20)8-14(9-22-19)10-26-7-6-15(27)11-26/h3-5,8-9,15,27H,6-7,10-11H2,1-2H3,(H,23,24,25)/t15-/m1/s1. The Hall–Kier alpha value is -2.09. The van der Waals surface area contributed by atoms with E-state index in [2.05, 4.69) is 54.1 Å². The number of hydrogen-bond acceptors (Lipinski definition) is 6. The van der Waals surface area contributed by atoms with E-state index in [-0.39, 0.29) is 6.10 Å². The maximum atomic E-state index is 9.71. The fraction of sp³-hybridized carbons (Fsp3) is 0.350. The van der Waals surface area contributed by atoms with Crippen LogP contribution in [0.15, 0.2) is 34.9 Å². The van der Waals surface area contributed by atoms with Crippen molar-refractivity contribution in [1.29, 1.82) is 0 Å². The molecular weight excluding hydrogens is 406 g/mol. The molecule has 0 saturated carbocycles. The molecule has 7 heteroatoms. The first-order chi connectivity index (χ1) is 13.0. The monoisotopic (exact) mass is 427 g/mol. The highest BCUT2D eigenvalue weighted by Crippen LogP contribution is 2.28. The molecule has 1 aliphatic rings. The third-order valence-electron chi connectivity index (χ3n) is 4.88. The van der Waals surface area contributed by atoms with Gasteiger partial charge in [-0.25, -0.2) is 9.97 Å². The Morgan fingerprint density at radius 1 is 1.30 bits per heavy atom. The Balaban J connectivity index is 1.66. The first-order valence-electron chi connectivity index (χ1n) is 9.05. The van der Waals surface area contributed by atoms with E-state index in [4.69, 9.17) is 0 Å².